The van der Waals surface area contributed by atoms with E-state index in [4.69, 9.17) is 0 Å². The van der Waals surface area contributed by atoms with Crippen LogP contribution < -0.4 is 5.32 Å². The first-order valence-corrected chi connectivity index (χ1v) is 7.21. The second-order valence-electron chi connectivity index (χ2n) is 4.29. The zero-order valence-electron chi connectivity index (χ0n) is 9.60. The number of rotatable bonds is 3. The zero-order chi connectivity index (χ0) is 14.2. The smallest absolute Gasteiger partial charge is 0.327 e. The Hall–Kier alpha value is -1.77. The van der Waals surface area contributed by atoms with E-state index in [1.54, 1.807) is 0 Å². The summed E-state index contributed by atoms with van der Waals surface area (Å²) in [7, 11) is -3.19. The predicted molar refractivity (Wildman–Crippen MR) is 63.7 cm³/mol. The Morgan fingerprint density at radius 2 is 2.05 bits per heavy atom. The van der Waals surface area contributed by atoms with Gasteiger partial charge in [0.05, 0.1) is 16.4 Å². The van der Waals surface area contributed by atoms with Crippen LogP contribution in [0.3, 0.4) is 0 Å². The Balaban J connectivity index is 2.32. The van der Waals surface area contributed by atoms with Crippen molar-refractivity contribution < 1.29 is 22.1 Å². The second kappa shape index (κ2) is 4.72. The Labute approximate surface area is 107 Å². The summed E-state index contributed by atoms with van der Waals surface area (Å²) in [5, 5.41) is 13.3. The number of nitro benzene ring substituents is 1. The van der Waals surface area contributed by atoms with Gasteiger partial charge in [-0.1, -0.05) is 0 Å². The second-order valence-corrected chi connectivity index (χ2v) is 6.51. The third kappa shape index (κ3) is 2.98. The van der Waals surface area contributed by atoms with Gasteiger partial charge in [-0.25, -0.2) is 12.8 Å². The highest BCUT2D eigenvalue weighted by Crippen LogP contribution is 2.30. The van der Waals surface area contributed by atoms with Crippen molar-refractivity contribution in [2.45, 2.75) is 12.5 Å². The van der Waals surface area contributed by atoms with E-state index in [1.165, 1.54) is 0 Å². The highest BCUT2D eigenvalue weighted by atomic mass is 32.2. The molecule has 19 heavy (non-hydrogen) atoms. The zero-order valence-corrected chi connectivity index (χ0v) is 10.4. The summed E-state index contributed by atoms with van der Waals surface area (Å²) in [5.74, 6) is -2.52. The fourth-order valence-corrected chi connectivity index (χ4v) is 3.66. The first kappa shape index (κ1) is 13.7. The van der Waals surface area contributed by atoms with Gasteiger partial charge in [-0.15, -0.1) is 0 Å². The molecule has 9 heteroatoms. The summed E-state index contributed by atoms with van der Waals surface area (Å²) in [6.07, 6.45) is 0.248. The number of benzene rings is 1. The van der Waals surface area contributed by atoms with Gasteiger partial charge in [0.1, 0.15) is 11.5 Å². The Bertz CT molecular complexity index is 633. The Morgan fingerprint density at radius 1 is 1.37 bits per heavy atom. The highest BCUT2D eigenvalue weighted by molar-refractivity contribution is 7.91. The maximum Gasteiger partial charge on any atom is 0.327 e. The molecule has 6 nitrogen and oxygen atoms in total. The number of nitro groups is 1. The molecule has 0 radical (unpaired) electrons. The average molecular weight is 292 g/mol. The van der Waals surface area contributed by atoms with Crippen molar-refractivity contribution in [3.63, 3.8) is 0 Å². The number of halogens is 2. The maximum atomic E-state index is 13.3. The summed E-state index contributed by atoms with van der Waals surface area (Å²) >= 11 is 0. The van der Waals surface area contributed by atoms with E-state index in [2.05, 4.69) is 5.32 Å². The van der Waals surface area contributed by atoms with Gasteiger partial charge in [0.25, 0.3) is 0 Å². The predicted octanol–water partition coefficient (Wildman–Crippen LogP) is 1.47. The number of nitrogens with one attached hydrogen (secondary N) is 1. The molecule has 1 aromatic carbocycles. The van der Waals surface area contributed by atoms with Crippen molar-refractivity contribution in [1.29, 1.82) is 0 Å². The number of hydrogen-bond acceptors (Lipinski definition) is 5. The molecule has 1 N–H and O–H groups in total. The highest BCUT2D eigenvalue weighted by Gasteiger charge is 2.30. The van der Waals surface area contributed by atoms with Crippen LogP contribution in [-0.2, 0) is 9.84 Å². The molecule has 104 valence electrons. The van der Waals surface area contributed by atoms with Gasteiger partial charge in [-0.3, -0.25) is 10.1 Å². The van der Waals surface area contributed by atoms with Gasteiger partial charge in [-0.05, 0) is 6.42 Å². The third-order valence-corrected chi connectivity index (χ3v) is 4.57. The first-order valence-electron chi connectivity index (χ1n) is 5.39. The summed E-state index contributed by atoms with van der Waals surface area (Å²) in [4.78, 5) is 9.77. The Kier molecular flexibility index (Phi) is 3.40. The van der Waals surface area contributed by atoms with Gasteiger partial charge < -0.3 is 5.32 Å². The largest absolute Gasteiger partial charge is 0.376 e. The van der Waals surface area contributed by atoms with E-state index >= 15 is 0 Å². The summed E-state index contributed by atoms with van der Waals surface area (Å²) in [6.45, 7) is 0. The molecule has 1 heterocycles. The van der Waals surface area contributed by atoms with Gasteiger partial charge in [0.15, 0.2) is 9.84 Å². The summed E-state index contributed by atoms with van der Waals surface area (Å²) in [6, 6.07) is 0.616. The van der Waals surface area contributed by atoms with Crippen LogP contribution in [0.15, 0.2) is 12.1 Å². The van der Waals surface area contributed by atoms with Crippen LogP contribution in [0, 0.1) is 21.7 Å². The molecule has 1 aliphatic heterocycles. The van der Waals surface area contributed by atoms with Crippen LogP contribution in [0.1, 0.15) is 6.42 Å². The van der Waals surface area contributed by atoms with E-state index in [0.717, 1.165) is 6.07 Å². The van der Waals surface area contributed by atoms with E-state index in [0.29, 0.717) is 6.07 Å². The monoisotopic (exact) mass is 292 g/mol. The molecule has 0 amide bonds. The molecular formula is C10H10F2N2O4S. The van der Waals surface area contributed by atoms with E-state index in [9.17, 15) is 27.3 Å². The topological polar surface area (TPSA) is 89.3 Å². The lowest BCUT2D eigenvalue weighted by Crippen LogP contribution is -2.21. The Morgan fingerprint density at radius 3 is 2.58 bits per heavy atom. The molecule has 0 saturated carbocycles. The number of nitrogens with zero attached hydrogens (tertiary/aromatic N) is 1. The van der Waals surface area contributed by atoms with Gasteiger partial charge in [-0.2, -0.15) is 4.39 Å². The average Bonchev–Trinajstić information content (AvgIpc) is 2.56. The minimum atomic E-state index is -3.19. The molecule has 1 atom stereocenters. The van der Waals surface area contributed by atoms with Crippen molar-refractivity contribution in [1.82, 2.24) is 0 Å². The van der Waals surface area contributed by atoms with E-state index in [1.807, 2.05) is 0 Å². The summed E-state index contributed by atoms with van der Waals surface area (Å²) in [5.41, 5.74) is -1.23. The summed E-state index contributed by atoms with van der Waals surface area (Å²) < 4.78 is 48.9. The maximum absolute atomic E-state index is 13.3. The van der Waals surface area contributed by atoms with Gasteiger partial charge in [0, 0.05) is 18.2 Å². The molecule has 1 fully saturated rings. The normalized spacial score (nSPS) is 21.3. The van der Waals surface area contributed by atoms with Crippen molar-refractivity contribution in [2.24, 2.45) is 0 Å². The quantitative estimate of drug-likeness (QED) is 0.673. The molecule has 1 unspecified atom stereocenters. The lowest BCUT2D eigenvalue weighted by atomic mass is 10.2. The van der Waals surface area contributed by atoms with Crippen LogP contribution in [-0.4, -0.2) is 30.9 Å². The van der Waals surface area contributed by atoms with Crippen LogP contribution in [0.2, 0.25) is 0 Å². The fraction of sp³-hybridized carbons (Fsp3) is 0.400. The first-order chi connectivity index (χ1) is 8.78. The lowest BCUT2D eigenvalue weighted by molar-refractivity contribution is -0.386. The molecule has 0 aliphatic carbocycles. The van der Waals surface area contributed by atoms with Crippen LogP contribution in [0.25, 0.3) is 0 Å². The van der Waals surface area contributed by atoms with Crippen molar-refractivity contribution in [3.8, 4) is 0 Å². The SMILES string of the molecule is O=[N+]([O-])c1c(F)cc(F)cc1NC1CCS(=O)(=O)C1. The van der Waals surface area contributed by atoms with E-state index < -0.39 is 38.1 Å². The number of hydrogen-bond donors (Lipinski definition) is 1. The molecule has 0 bridgehead atoms. The molecule has 0 spiro atoms. The molecular weight excluding hydrogens is 282 g/mol. The fourth-order valence-electron chi connectivity index (χ4n) is 1.99. The molecule has 1 saturated heterocycles. The van der Waals surface area contributed by atoms with Gasteiger partial charge in [0.2, 0.25) is 5.82 Å². The minimum Gasteiger partial charge on any atom is -0.376 e. The number of anilines is 1. The molecule has 2 rings (SSSR count). The van der Waals surface area contributed by atoms with Crippen LogP contribution >= 0.6 is 0 Å². The van der Waals surface area contributed by atoms with Crippen LogP contribution in [0.5, 0.6) is 0 Å². The van der Waals surface area contributed by atoms with Crippen molar-refractivity contribution in [3.05, 3.63) is 33.9 Å². The standard InChI is InChI=1S/C10H10F2N2O4S/c11-6-3-8(12)10(14(15)16)9(4-6)13-7-1-2-19(17,18)5-7/h3-4,7,13H,1-2,5H2. The van der Waals surface area contributed by atoms with E-state index in [-0.39, 0.29) is 23.6 Å². The van der Waals surface area contributed by atoms with Gasteiger partial charge >= 0.3 is 5.69 Å². The molecule has 0 aromatic heterocycles. The third-order valence-electron chi connectivity index (χ3n) is 2.80. The number of sulfone groups is 1. The minimum absolute atomic E-state index is 0.0454. The molecule has 1 aliphatic rings. The van der Waals surface area contributed by atoms with Crippen molar-refractivity contribution >= 4 is 21.2 Å². The van der Waals surface area contributed by atoms with Crippen LogP contribution in [0.4, 0.5) is 20.2 Å². The molecule has 1 aromatic rings. The van der Waals surface area contributed by atoms with Crippen molar-refractivity contribution in [2.75, 3.05) is 16.8 Å². The lowest BCUT2D eigenvalue weighted by Gasteiger charge is -2.12.